The molecule has 0 saturated carbocycles. The molecule has 0 radical (unpaired) electrons. The van der Waals surface area contributed by atoms with E-state index in [0.29, 0.717) is 23.8 Å². The number of halogens is 1. The van der Waals surface area contributed by atoms with Gasteiger partial charge in [-0.1, -0.05) is 11.6 Å². The average Bonchev–Trinajstić information content (AvgIpc) is 2.77. The van der Waals surface area contributed by atoms with Gasteiger partial charge in [0.05, 0.1) is 18.2 Å². The van der Waals surface area contributed by atoms with E-state index in [-0.39, 0.29) is 12.2 Å². The van der Waals surface area contributed by atoms with Gasteiger partial charge in [0.15, 0.2) is 0 Å². The van der Waals surface area contributed by atoms with E-state index in [0.717, 1.165) is 5.56 Å². The zero-order valence-electron chi connectivity index (χ0n) is 9.29. The normalized spacial score (nSPS) is 12.8. The van der Waals surface area contributed by atoms with Crippen molar-refractivity contribution in [1.29, 1.82) is 0 Å². The van der Waals surface area contributed by atoms with Crippen LogP contribution in [0.25, 0.3) is 0 Å². The summed E-state index contributed by atoms with van der Waals surface area (Å²) in [6.07, 6.45) is 0.693. The molecule has 0 atom stereocenters. The first kappa shape index (κ1) is 11.9. The summed E-state index contributed by atoms with van der Waals surface area (Å²) in [7, 11) is 0. The third-order valence-corrected chi connectivity index (χ3v) is 2.74. The van der Waals surface area contributed by atoms with Crippen molar-refractivity contribution >= 4 is 23.4 Å². The van der Waals surface area contributed by atoms with Gasteiger partial charge in [0.25, 0.3) is 5.78 Å². The molecule has 1 aliphatic heterocycles. The predicted molar refractivity (Wildman–Crippen MR) is 61.6 cm³/mol. The van der Waals surface area contributed by atoms with Crippen molar-refractivity contribution in [2.45, 2.75) is 13.3 Å². The third kappa shape index (κ3) is 2.26. The zero-order chi connectivity index (χ0) is 12.4. The fraction of sp³-hybridized carbons (Fsp3) is 0.333. The molecule has 1 heterocycles. The molecule has 1 aromatic rings. The highest BCUT2D eigenvalue weighted by molar-refractivity contribution is 6.41. The number of hydrogen-bond acceptors (Lipinski definition) is 4. The fourth-order valence-electron chi connectivity index (χ4n) is 1.71. The van der Waals surface area contributed by atoms with Crippen LogP contribution in [0.4, 0.5) is 0 Å². The number of fused-ring (bicyclic) bond motifs is 1. The molecule has 5 heteroatoms. The van der Waals surface area contributed by atoms with Crippen LogP contribution in [-0.4, -0.2) is 25.0 Å². The van der Waals surface area contributed by atoms with Gasteiger partial charge in [0.2, 0.25) is 0 Å². The van der Waals surface area contributed by atoms with Crippen LogP contribution in [0.2, 0.25) is 5.02 Å². The zero-order valence-corrected chi connectivity index (χ0v) is 10.0. The van der Waals surface area contributed by atoms with Gasteiger partial charge in [-0.05, 0) is 24.6 Å². The molecule has 0 aliphatic carbocycles. The molecule has 0 unspecified atom stereocenters. The molecular formula is C12H11ClO4. The average molecular weight is 255 g/mol. The van der Waals surface area contributed by atoms with Crippen molar-refractivity contribution in [2.75, 3.05) is 13.2 Å². The van der Waals surface area contributed by atoms with Crippen molar-refractivity contribution in [3.8, 4) is 5.75 Å². The fourth-order valence-corrected chi connectivity index (χ4v) is 2.00. The summed E-state index contributed by atoms with van der Waals surface area (Å²) in [5.41, 5.74) is 1.10. The maximum atomic E-state index is 11.7. The number of Topliss-reactive ketones (excluding diaryl/α,β-unsaturated/α-hetero) is 1. The number of hydrogen-bond donors (Lipinski definition) is 0. The Balaban J connectivity index is 2.31. The van der Waals surface area contributed by atoms with Gasteiger partial charge in [-0.25, -0.2) is 4.79 Å². The lowest BCUT2D eigenvalue weighted by molar-refractivity contribution is -0.137. The van der Waals surface area contributed by atoms with E-state index < -0.39 is 11.8 Å². The number of carbonyl (C=O) groups excluding carboxylic acids is 2. The van der Waals surface area contributed by atoms with Crippen LogP contribution in [-0.2, 0) is 16.0 Å². The van der Waals surface area contributed by atoms with Gasteiger partial charge in [-0.15, -0.1) is 0 Å². The summed E-state index contributed by atoms with van der Waals surface area (Å²) >= 11 is 5.97. The molecular weight excluding hydrogens is 244 g/mol. The maximum absolute atomic E-state index is 11.7. The molecule has 90 valence electrons. The van der Waals surface area contributed by atoms with Crippen LogP contribution in [0.5, 0.6) is 5.75 Å². The summed E-state index contributed by atoms with van der Waals surface area (Å²) in [5, 5.41) is 0.354. The second-order valence-electron chi connectivity index (χ2n) is 3.59. The first-order valence-electron chi connectivity index (χ1n) is 5.30. The monoisotopic (exact) mass is 254 g/mol. The molecule has 0 spiro atoms. The maximum Gasteiger partial charge on any atom is 0.379 e. The van der Waals surface area contributed by atoms with E-state index in [1.54, 1.807) is 13.0 Å². The van der Waals surface area contributed by atoms with E-state index in [1.807, 2.05) is 0 Å². The first-order valence-corrected chi connectivity index (χ1v) is 5.68. The molecule has 17 heavy (non-hydrogen) atoms. The molecule has 4 nitrogen and oxygen atoms in total. The van der Waals surface area contributed by atoms with Crippen LogP contribution in [0.3, 0.4) is 0 Å². The van der Waals surface area contributed by atoms with Gasteiger partial charge in [-0.2, -0.15) is 0 Å². The summed E-state index contributed by atoms with van der Waals surface area (Å²) in [6.45, 7) is 2.37. The minimum absolute atomic E-state index is 0.173. The number of ether oxygens (including phenoxy) is 2. The van der Waals surface area contributed by atoms with Crippen molar-refractivity contribution in [3.63, 3.8) is 0 Å². The number of ketones is 1. The Morgan fingerprint density at radius 3 is 2.94 bits per heavy atom. The second-order valence-corrected chi connectivity index (χ2v) is 4.00. The van der Waals surface area contributed by atoms with Gasteiger partial charge in [-0.3, -0.25) is 4.79 Å². The molecule has 1 aliphatic rings. The van der Waals surface area contributed by atoms with Crippen molar-refractivity contribution < 1.29 is 19.1 Å². The summed E-state index contributed by atoms with van der Waals surface area (Å²) < 4.78 is 9.97. The number of esters is 1. The SMILES string of the molecule is CCOC(=O)C(=O)c1cc(Cl)c2c(c1)CCO2. The molecule has 0 bridgehead atoms. The Bertz CT molecular complexity index is 482. The second kappa shape index (κ2) is 4.75. The smallest absolute Gasteiger partial charge is 0.379 e. The largest absolute Gasteiger partial charge is 0.491 e. The molecule has 0 fully saturated rings. The number of carbonyl (C=O) groups is 2. The Hall–Kier alpha value is -1.55. The minimum atomic E-state index is -0.859. The van der Waals surface area contributed by atoms with Crippen LogP contribution < -0.4 is 4.74 Å². The van der Waals surface area contributed by atoms with Crippen molar-refractivity contribution in [1.82, 2.24) is 0 Å². The van der Waals surface area contributed by atoms with Gasteiger partial charge in [0.1, 0.15) is 5.75 Å². The van der Waals surface area contributed by atoms with E-state index in [2.05, 4.69) is 4.74 Å². The Morgan fingerprint density at radius 1 is 1.47 bits per heavy atom. The summed E-state index contributed by atoms with van der Waals surface area (Å²) in [6, 6.07) is 3.07. The first-order chi connectivity index (χ1) is 8.13. The van der Waals surface area contributed by atoms with E-state index >= 15 is 0 Å². The highest BCUT2D eigenvalue weighted by Crippen LogP contribution is 2.34. The lowest BCUT2D eigenvalue weighted by Crippen LogP contribution is -2.17. The van der Waals surface area contributed by atoms with Crippen LogP contribution >= 0.6 is 11.6 Å². The van der Waals surface area contributed by atoms with Crippen molar-refractivity contribution in [3.05, 3.63) is 28.3 Å². The van der Waals surface area contributed by atoms with Crippen LogP contribution in [0.1, 0.15) is 22.8 Å². The lowest BCUT2D eigenvalue weighted by atomic mass is 10.1. The highest BCUT2D eigenvalue weighted by atomic mass is 35.5. The number of rotatable bonds is 3. The standard InChI is InChI=1S/C12H11ClO4/c1-2-16-12(15)10(14)8-5-7-3-4-17-11(7)9(13)6-8/h5-6H,2-4H2,1H3. The molecule has 0 N–H and O–H groups in total. The topological polar surface area (TPSA) is 52.6 Å². The number of benzene rings is 1. The molecule has 0 saturated heterocycles. The summed E-state index contributed by atoms with van der Waals surface area (Å²) in [4.78, 5) is 23.0. The van der Waals surface area contributed by atoms with E-state index in [9.17, 15) is 9.59 Å². The quantitative estimate of drug-likeness (QED) is 0.470. The van der Waals surface area contributed by atoms with Crippen molar-refractivity contribution in [2.24, 2.45) is 0 Å². The van der Waals surface area contributed by atoms with E-state index in [1.165, 1.54) is 6.07 Å². The van der Waals surface area contributed by atoms with Gasteiger partial charge < -0.3 is 9.47 Å². The van der Waals surface area contributed by atoms with Gasteiger partial charge >= 0.3 is 5.97 Å². The Labute approximate surface area is 103 Å². The third-order valence-electron chi connectivity index (χ3n) is 2.46. The molecule has 1 aromatic carbocycles. The molecule has 0 aromatic heterocycles. The van der Waals surface area contributed by atoms with Crippen LogP contribution in [0.15, 0.2) is 12.1 Å². The molecule has 0 amide bonds. The Kier molecular flexibility index (Phi) is 3.33. The molecule has 2 rings (SSSR count). The Morgan fingerprint density at radius 2 is 2.24 bits per heavy atom. The lowest BCUT2D eigenvalue weighted by Gasteiger charge is -2.05. The minimum Gasteiger partial charge on any atom is -0.491 e. The highest BCUT2D eigenvalue weighted by Gasteiger charge is 2.23. The van der Waals surface area contributed by atoms with Crippen LogP contribution in [0, 0.1) is 0 Å². The van der Waals surface area contributed by atoms with Gasteiger partial charge in [0, 0.05) is 12.0 Å². The summed E-state index contributed by atoms with van der Waals surface area (Å²) in [5.74, 6) is -0.932. The predicted octanol–water partition coefficient (Wildman–Crippen LogP) is 2.02. The van der Waals surface area contributed by atoms with E-state index in [4.69, 9.17) is 16.3 Å².